The van der Waals surface area contributed by atoms with Crippen molar-refractivity contribution in [2.24, 2.45) is 0 Å². The van der Waals surface area contributed by atoms with Gasteiger partial charge < -0.3 is 8.98 Å². The van der Waals surface area contributed by atoms with Gasteiger partial charge in [-0.1, -0.05) is 78.9 Å². The van der Waals surface area contributed by atoms with E-state index in [0.29, 0.717) is 0 Å². The first kappa shape index (κ1) is 21.1. The zero-order valence-corrected chi connectivity index (χ0v) is 21.7. The maximum absolute atomic E-state index is 6.05. The number of rotatable bonds is 2. The zero-order chi connectivity index (χ0) is 25.5. The van der Waals surface area contributed by atoms with Crippen molar-refractivity contribution in [1.82, 2.24) is 4.57 Å². The third-order valence-electron chi connectivity index (χ3n) is 8.01. The van der Waals surface area contributed by atoms with Crippen molar-refractivity contribution in [3.8, 4) is 16.8 Å². The zero-order valence-electron chi connectivity index (χ0n) is 20.9. The lowest BCUT2D eigenvalue weighted by atomic mass is 10.0. The Morgan fingerprint density at radius 3 is 1.82 bits per heavy atom. The summed E-state index contributed by atoms with van der Waals surface area (Å²) in [6.45, 7) is 0. The molecule has 9 aromatic rings. The van der Waals surface area contributed by atoms with Gasteiger partial charge in [-0.25, -0.2) is 0 Å². The SMILES string of the molecule is c1ccc2c(c1)oc1ccc(-c3ccc4c(c3)sc3cc(-n5c6ccccc6c6ccccc65)ccc34)cc12. The normalized spacial score (nSPS) is 12.1. The second kappa shape index (κ2) is 7.83. The summed E-state index contributed by atoms with van der Waals surface area (Å²) in [5.41, 5.74) is 7.98. The van der Waals surface area contributed by atoms with E-state index in [1.165, 1.54) is 58.8 Å². The van der Waals surface area contributed by atoms with Gasteiger partial charge in [-0.15, -0.1) is 11.3 Å². The standard InChI is InChI=1S/C36H21NOS/c1-4-10-31-25(7-1)26-8-2-5-11-32(26)37(31)24-15-17-29-28-16-13-23(20-35(28)39-36(29)21-24)22-14-18-34-30(19-22)27-9-3-6-12-33(27)38-34/h1-21H. The third kappa shape index (κ3) is 3.02. The number of para-hydroxylation sites is 3. The van der Waals surface area contributed by atoms with E-state index in [9.17, 15) is 0 Å². The summed E-state index contributed by atoms with van der Waals surface area (Å²) in [5, 5.41) is 7.52. The van der Waals surface area contributed by atoms with Gasteiger partial charge in [-0.05, 0) is 59.7 Å². The first-order valence-electron chi connectivity index (χ1n) is 13.2. The van der Waals surface area contributed by atoms with Gasteiger partial charge >= 0.3 is 0 Å². The van der Waals surface area contributed by atoms with Gasteiger partial charge in [0.25, 0.3) is 0 Å². The molecular weight excluding hydrogens is 494 g/mol. The van der Waals surface area contributed by atoms with Crippen LogP contribution in [-0.4, -0.2) is 4.57 Å². The molecule has 6 aromatic carbocycles. The Kier molecular flexibility index (Phi) is 4.24. The molecule has 3 heteroatoms. The summed E-state index contributed by atoms with van der Waals surface area (Å²) in [7, 11) is 0. The van der Waals surface area contributed by atoms with Crippen molar-refractivity contribution in [2.75, 3.05) is 0 Å². The highest BCUT2D eigenvalue weighted by Crippen LogP contribution is 2.40. The minimum atomic E-state index is 0.931. The molecule has 0 unspecified atom stereocenters. The minimum absolute atomic E-state index is 0.931. The average molecular weight is 516 g/mol. The highest BCUT2D eigenvalue weighted by molar-refractivity contribution is 7.25. The van der Waals surface area contributed by atoms with Crippen LogP contribution in [-0.2, 0) is 0 Å². The Hall–Kier alpha value is -4.86. The van der Waals surface area contributed by atoms with E-state index in [0.717, 1.165) is 21.9 Å². The monoisotopic (exact) mass is 515 g/mol. The highest BCUT2D eigenvalue weighted by atomic mass is 32.1. The fraction of sp³-hybridized carbons (Fsp3) is 0. The number of furan rings is 1. The molecule has 0 saturated carbocycles. The Balaban J connectivity index is 1.21. The molecule has 39 heavy (non-hydrogen) atoms. The molecule has 3 aromatic heterocycles. The van der Waals surface area contributed by atoms with Crippen LogP contribution in [0.4, 0.5) is 0 Å². The van der Waals surface area contributed by atoms with Crippen LogP contribution in [0.15, 0.2) is 132 Å². The summed E-state index contributed by atoms with van der Waals surface area (Å²) in [6, 6.07) is 45.9. The highest BCUT2D eigenvalue weighted by Gasteiger charge is 2.14. The molecule has 0 atom stereocenters. The third-order valence-corrected chi connectivity index (χ3v) is 9.12. The van der Waals surface area contributed by atoms with Gasteiger partial charge in [0.1, 0.15) is 11.2 Å². The predicted octanol–water partition coefficient (Wildman–Crippen LogP) is 10.7. The Morgan fingerprint density at radius 1 is 0.436 bits per heavy atom. The number of benzene rings is 6. The molecule has 2 nitrogen and oxygen atoms in total. The van der Waals surface area contributed by atoms with Crippen LogP contribution in [0, 0.1) is 0 Å². The predicted molar refractivity (Wildman–Crippen MR) is 166 cm³/mol. The first-order chi connectivity index (χ1) is 19.3. The molecule has 0 radical (unpaired) electrons. The maximum Gasteiger partial charge on any atom is 0.135 e. The number of thiophene rings is 1. The van der Waals surface area contributed by atoms with E-state index < -0.39 is 0 Å². The summed E-state index contributed by atoms with van der Waals surface area (Å²) >= 11 is 1.87. The summed E-state index contributed by atoms with van der Waals surface area (Å²) in [5.74, 6) is 0. The van der Waals surface area contributed by atoms with Crippen molar-refractivity contribution in [3.63, 3.8) is 0 Å². The lowest BCUT2D eigenvalue weighted by molar-refractivity contribution is 0.669. The minimum Gasteiger partial charge on any atom is -0.456 e. The molecule has 0 spiro atoms. The molecule has 9 rings (SSSR count). The summed E-state index contributed by atoms with van der Waals surface area (Å²) < 4.78 is 11.1. The molecule has 0 aliphatic rings. The lowest BCUT2D eigenvalue weighted by Crippen LogP contribution is -1.92. The molecule has 0 N–H and O–H groups in total. The van der Waals surface area contributed by atoms with Crippen LogP contribution in [0.5, 0.6) is 0 Å². The number of hydrogen-bond acceptors (Lipinski definition) is 2. The van der Waals surface area contributed by atoms with E-state index in [2.05, 4.69) is 120 Å². The van der Waals surface area contributed by atoms with Gasteiger partial charge in [-0.3, -0.25) is 0 Å². The molecule has 0 saturated heterocycles. The van der Waals surface area contributed by atoms with Crippen LogP contribution in [0.1, 0.15) is 0 Å². The molecule has 3 heterocycles. The number of nitrogens with zero attached hydrogens (tertiary/aromatic N) is 1. The van der Waals surface area contributed by atoms with Crippen LogP contribution in [0.3, 0.4) is 0 Å². The van der Waals surface area contributed by atoms with E-state index >= 15 is 0 Å². The van der Waals surface area contributed by atoms with Crippen LogP contribution < -0.4 is 0 Å². The second-order valence-corrected chi connectivity index (χ2v) is 11.3. The van der Waals surface area contributed by atoms with Crippen LogP contribution >= 0.6 is 11.3 Å². The molecular formula is C36H21NOS. The van der Waals surface area contributed by atoms with E-state index in [4.69, 9.17) is 4.42 Å². The molecule has 182 valence electrons. The van der Waals surface area contributed by atoms with Gasteiger partial charge in [0, 0.05) is 47.4 Å². The molecule has 0 fully saturated rings. The van der Waals surface area contributed by atoms with E-state index in [1.54, 1.807) is 0 Å². The second-order valence-electron chi connectivity index (χ2n) is 10.2. The Labute approximate surface area is 227 Å². The quantitative estimate of drug-likeness (QED) is 0.224. The van der Waals surface area contributed by atoms with Gasteiger partial charge in [0.05, 0.1) is 11.0 Å². The number of hydrogen-bond donors (Lipinski definition) is 0. The van der Waals surface area contributed by atoms with Crippen molar-refractivity contribution >= 4 is 75.3 Å². The molecule has 0 aliphatic heterocycles. The fourth-order valence-electron chi connectivity index (χ4n) is 6.19. The Morgan fingerprint density at radius 2 is 1.03 bits per heavy atom. The summed E-state index contributed by atoms with van der Waals surface area (Å²) in [4.78, 5) is 0. The van der Waals surface area contributed by atoms with Crippen molar-refractivity contribution < 1.29 is 4.42 Å². The average Bonchev–Trinajstić information content (AvgIpc) is 3.65. The summed E-state index contributed by atoms with van der Waals surface area (Å²) in [6.07, 6.45) is 0. The van der Waals surface area contributed by atoms with Crippen molar-refractivity contribution in [3.05, 3.63) is 127 Å². The maximum atomic E-state index is 6.05. The van der Waals surface area contributed by atoms with Gasteiger partial charge in [0.15, 0.2) is 0 Å². The van der Waals surface area contributed by atoms with Gasteiger partial charge in [0.2, 0.25) is 0 Å². The van der Waals surface area contributed by atoms with Gasteiger partial charge in [-0.2, -0.15) is 0 Å². The largest absolute Gasteiger partial charge is 0.456 e. The fourth-order valence-corrected chi connectivity index (χ4v) is 7.37. The van der Waals surface area contributed by atoms with Crippen LogP contribution in [0.25, 0.3) is 80.7 Å². The topological polar surface area (TPSA) is 18.1 Å². The molecule has 0 bridgehead atoms. The smallest absolute Gasteiger partial charge is 0.135 e. The van der Waals surface area contributed by atoms with Crippen molar-refractivity contribution in [2.45, 2.75) is 0 Å². The number of aromatic nitrogens is 1. The molecule has 0 amide bonds. The van der Waals surface area contributed by atoms with E-state index in [1.807, 2.05) is 23.5 Å². The first-order valence-corrected chi connectivity index (χ1v) is 14.0. The lowest BCUT2D eigenvalue weighted by Gasteiger charge is -2.08. The van der Waals surface area contributed by atoms with Crippen LogP contribution in [0.2, 0.25) is 0 Å². The van der Waals surface area contributed by atoms with E-state index in [-0.39, 0.29) is 0 Å². The molecule has 0 aliphatic carbocycles. The van der Waals surface area contributed by atoms with Crippen molar-refractivity contribution in [1.29, 1.82) is 0 Å². The number of fused-ring (bicyclic) bond motifs is 9. The Bertz CT molecular complexity index is 2350.